The largest absolute Gasteiger partial charge is 0.419 e. The third-order valence-corrected chi connectivity index (χ3v) is 5.77. The van der Waals surface area contributed by atoms with Gasteiger partial charge in [-0.25, -0.2) is 17.9 Å². The maximum atomic E-state index is 12.6. The van der Waals surface area contributed by atoms with Crippen molar-refractivity contribution in [1.29, 1.82) is 0 Å². The van der Waals surface area contributed by atoms with E-state index < -0.39 is 21.9 Å². The fraction of sp³-hybridized carbons (Fsp3) is 0.278. The number of oxazole rings is 1. The molecule has 138 valence electrons. The highest BCUT2D eigenvalue weighted by atomic mass is 32.2. The zero-order chi connectivity index (χ0) is 18.9. The second-order valence-electron chi connectivity index (χ2n) is 5.99. The smallest absolute Gasteiger partial charge is 0.408 e. The molecule has 26 heavy (non-hydrogen) atoms. The summed E-state index contributed by atoms with van der Waals surface area (Å²) in [5, 5.41) is 0. The van der Waals surface area contributed by atoms with Gasteiger partial charge in [0, 0.05) is 20.7 Å². The number of nitrogens with zero attached hydrogens (tertiary/aromatic N) is 1. The van der Waals surface area contributed by atoms with Crippen molar-refractivity contribution in [3.63, 3.8) is 0 Å². The number of rotatable bonds is 6. The van der Waals surface area contributed by atoms with Crippen LogP contribution in [0.4, 0.5) is 0 Å². The third-order valence-electron chi connectivity index (χ3n) is 4.35. The van der Waals surface area contributed by atoms with Gasteiger partial charge >= 0.3 is 5.76 Å². The van der Waals surface area contributed by atoms with Gasteiger partial charge in [-0.05, 0) is 36.2 Å². The maximum absolute atomic E-state index is 12.6. The molecule has 0 radical (unpaired) electrons. The second kappa shape index (κ2) is 7.06. The molecule has 1 heterocycles. The number of hydrogen-bond donors (Lipinski definition) is 1. The van der Waals surface area contributed by atoms with Gasteiger partial charge in [-0.2, -0.15) is 0 Å². The van der Waals surface area contributed by atoms with Crippen LogP contribution in [0, 0.1) is 6.92 Å². The lowest BCUT2D eigenvalue weighted by Gasteiger charge is -2.18. The van der Waals surface area contributed by atoms with E-state index in [1.807, 2.05) is 31.2 Å². The predicted molar refractivity (Wildman–Crippen MR) is 97.6 cm³/mol. The summed E-state index contributed by atoms with van der Waals surface area (Å²) in [6.07, 6.45) is -0.409. The predicted octanol–water partition coefficient (Wildman–Crippen LogP) is 2.11. The molecule has 1 aromatic heterocycles. The first kappa shape index (κ1) is 18.4. The van der Waals surface area contributed by atoms with Crippen molar-refractivity contribution in [1.82, 2.24) is 9.29 Å². The zero-order valence-corrected chi connectivity index (χ0v) is 15.5. The van der Waals surface area contributed by atoms with Crippen molar-refractivity contribution in [2.75, 3.05) is 13.7 Å². The van der Waals surface area contributed by atoms with Gasteiger partial charge < -0.3 is 9.15 Å². The number of hydrogen-bond acceptors (Lipinski definition) is 5. The van der Waals surface area contributed by atoms with E-state index in [0.717, 1.165) is 11.1 Å². The molecule has 0 spiro atoms. The topological polar surface area (TPSA) is 90.5 Å². The van der Waals surface area contributed by atoms with E-state index >= 15 is 0 Å². The summed E-state index contributed by atoms with van der Waals surface area (Å²) in [6, 6.07) is 12.0. The van der Waals surface area contributed by atoms with Crippen molar-refractivity contribution in [2.24, 2.45) is 7.05 Å². The van der Waals surface area contributed by atoms with Crippen LogP contribution in [0.2, 0.25) is 0 Å². The number of ether oxygens (including phenoxy) is 1. The first-order valence-corrected chi connectivity index (χ1v) is 9.49. The molecule has 3 aromatic rings. The van der Waals surface area contributed by atoms with E-state index in [4.69, 9.17) is 9.15 Å². The summed E-state index contributed by atoms with van der Waals surface area (Å²) < 4.78 is 39.6. The first-order valence-electron chi connectivity index (χ1n) is 8.01. The fourth-order valence-corrected chi connectivity index (χ4v) is 3.86. The number of aromatic nitrogens is 1. The molecule has 0 amide bonds. The van der Waals surface area contributed by atoms with Gasteiger partial charge in [0.25, 0.3) is 0 Å². The standard InChI is InChI=1S/C18H20N2O5S/c1-12-6-4-5-7-14(12)17(24-3)11-19-26(22,23)13-8-9-16-15(10-13)20(2)18(21)25-16/h4-10,17,19H,11H2,1-3H3. The molecule has 0 aliphatic heterocycles. The Kier molecular flexibility index (Phi) is 4.99. The highest BCUT2D eigenvalue weighted by molar-refractivity contribution is 7.89. The molecule has 0 fully saturated rings. The third kappa shape index (κ3) is 3.44. The van der Waals surface area contributed by atoms with E-state index in [0.29, 0.717) is 11.1 Å². The molecule has 0 saturated heterocycles. The Balaban J connectivity index is 1.85. The number of fused-ring (bicyclic) bond motifs is 1. The Morgan fingerprint density at radius 1 is 1.23 bits per heavy atom. The van der Waals surface area contributed by atoms with E-state index in [2.05, 4.69) is 4.72 Å². The lowest BCUT2D eigenvalue weighted by Crippen LogP contribution is -2.29. The van der Waals surface area contributed by atoms with Gasteiger partial charge in [-0.3, -0.25) is 4.57 Å². The van der Waals surface area contributed by atoms with Crippen molar-refractivity contribution < 1.29 is 17.6 Å². The Bertz CT molecular complexity index is 1100. The first-order chi connectivity index (χ1) is 12.3. The summed E-state index contributed by atoms with van der Waals surface area (Å²) in [5.74, 6) is -0.540. The lowest BCUT2D eigenvalue weighted by atomic mass is 10.0. The quantitative estimate of drug-likeness (QED) is 0.711. The lowest BCUT2D eigenvalue weighted by molar-refractivity contribution is 0.107. The number of methoxy groups -OCH3 is 1. The van der Waals surface area contributed by atoms with E-state index in [-0.39, 0.29) is 11.4 Å². The van der Waals surface area contributed by atoms with Crippen LogP contribution in [-0.2, 0) is 21.8 Å². The molecule has 1 atom stereocenters. The highest BCUT2D eigenvalue weighted by Gasteiger charge is 2.20. The Hall–Kier alpha value is -2.42. The molecule has 1 unspecified atom stereocenters. The molecule has 0 aliphatic carbocycles. The zero-order valence-electron chi connectivity index (χ0n) is 14.7. The number of sulfonamides is 1. The summed E-state index contributed by atoms with van der Waals surface area (Å²) in [7, 11) is -0.707. The molecular formula is C18H20N2O5S. The SMILES string of the molecule is COC(CNS(=O)(=O)c1ccc2oc(=O)n(C)c2c1)c1ccccc1C. The maximum Gasteiger partial charge on any atom is 0.419 e. The molecule has 7 nitrogen and oxygen atoms in total. The molecule has 0 saturated carbocycles. The average molecular weight is 376 g/mol. The number of nitrogens with one attached hydrogen (secondary N) is 1. The minimum absolute atomic E-state index is 0.0565. The van der Waals surface area contributed by atoms with Gasteiger partial charge in [-0.1, -0.05) is 24.3 Å². The van der Waals surface area contributed by atoms with Crippen LogP contribution in [0.3, 0.4) is 0 Å². The summed E-state index contributed by atoms with van der Waals surface area (Å²) in [4.78, 5) is 11.6. The summed E-state index contributed by atoms with van der Waals surface area (Å²) in [6.45, 7) is 2.04. The molecule has 0 aliphatic rings. The van der Waals surface area contributed by atoms with Crippen molar-refractivity contribution in [2.45, 2.75) is 17.9 Å². The van der Waals surface area contributed by atoms with Crippen molar-refractivity contribution >= 4 is 21.1 Å². The van der Waals surface area contributed by atoms with E-state index in [1.165, 1.54) is 29.8 Å². The van der Waals surface area contributed by atoms with Gasteiger partial charge in [0.1, 0.15) is 0 Å². The minimum Gasteiger partial charge on any atom is -0.408 e. The van der Waals surface area contributed by atoms with E-state index in [9.17, 15) is 13.2 Å². The van der Waals surface area contributed by atoms with Crippen LogP contribution in [0.5, 0.6) is 0 Å². The van der Waals surface area contributed by atoms with Crippen molar-refractivity contribution in [3.8, 4) is 0 Å². The van der Waals surface area contributed by atoms with Gasteiger partial charge in [0.15, 0.2) is 5.58 Å². The second-order valence-corrected chi connectivity index (χ2v) is 7.76. The van der Waals surface area contributed by atoms with Crippen LogP contribution in [0.25, 0.3) is 11.1 Å². The van der Waals surface area contributed by atoms with Gasteiger partial charge in [0.2, 0.25) is 10.0 Å². The monoisotopic (exact) mass is 376 g/mol. The molecule has 1 N–H and O–H groups in total. The van der Waals surface area contributed by atoms with Crippen LogP contribution in [0.1, 0.15) is 17.2 Å². The molecular weight excluding hydrogens is 356 g/mol. The Morgan fingerprint density at radius 2 is 1.96 bits per heavy atom. The van der Waals surface area contributed by atoms with E-state index in [1.54, 1.807) is 7.11 Å². The normalized spacial score (nSPS) is 13.2. The Morgan fingerprint density at radius 3 is 2.65 bits per heavy atom. The molecule has 2 aromatic carbocycles. The van der Waals surface area contributed by atoms with Gasteiger partial charge in [-0.15, -0.1) is 0 Å². The average Bonchev–Trinajstić information content (AvgIpc) is 2.91. The Labute approximate surface area is 151 Å². The van der Waals surface area contributed by atoms with Crippen molar-refractivity contribution in [3.05, 3.63) is 64.1 Å². The van der Waals surface area contributed by atoms with Crippen LogP contribution >= 0.6 is 0 Å². The summed E-state index contributed by atoms with van der Waals surface area (Å²) >= 11 is 0. The van der Waals surface area contributed by atoms with Crippen LogP contribution in [0.15, 0.2) is 56.6 Å². The molecule has 0 bridgehead atoms. The van der Waals surface area contributed by atoms with Gasteiger partial charge in [0.05, 0.1) is 16.5 Å². The molecule has 8 heteroatoms. The van der Waals surface area contributed by atoms with Crippen LogP contribution in [-0.4, -0.2) is 26.6 Å². The minimum atomic E-state index is -3.77. The number of aryl methyl sites for hydroxylation is 2. The number of benzene rings is 2. The fourth-order valence-electron chi connectivity index (χ4n) is 2.81. The molecule has 3 rings (SSSR count). The summed E-state index contributed by atoms with van der Waals surface area (Å²) in [5.41, 5.74) is 2.70. The highest BCUT2D eigenvalue weighted by Crippen LogP contribution is 2.22. The van der Waals surface area contributed by atoms with Crippen LogP contribution < -0.4 is 10.5 Å².